The molecule has 4 rings (SSSR count). The number of amides is 2. The van der Waals surface area contributed by atoms with Crippen LogP contribution in [0, 0.1) is 5.82 Å². The van der Waals surface area contributed by atoms with Gasteiger partial charge in [-0.15, -0.1) is 11.8 Å². The Labute approximate surface area is 219 Å². The number of anilines is 1. The number of carbonyl (C=O) groups is 2. The van der Waals surface area contributed by atoms with Gasteiger partial charge in [0.15, 0.2) is 0 Å². The first-order chi connectivity index (χ1) is 17.4. The zero-order valence-corrected chi connectivity index (χ0v) is 21.8. The van der Waals surface area contributed by atoms with Crippen molar-refractivity contribution in [2.45, 2.75) is 56.3 Å². The topological polar surface area (TPSA) is 71.8 Å². The smallest absolute Gasteiger partial charge is 0.251 e. The molecule has 0 fully saturated rings. The summed E-state index contributed by atoms with van der Waals surface area (Å²) < 4.78 is 25.9. The quantitative estimate of drug-likeness (QED) is 0.299. The minimum absolute atomic E-state index is 0.0441. The maximum Gasteiger partial charge on any atom is 0.251 e. The fraction of sp³-hybridized carbons (Fsp3) is 0.333. The van der Waals surface area contributed by atoms with Gasteiger partial charge in [-0.25, -0.2) is 4.39 Å². The van der Waals surface area contributed by atoms with Crippen molar-refractivity contribution in [3.8, 4) is 5.75 Å². The van der Waals surface area contributed by atoms with Gasteiger partial charge in [-0.3, -0.25) is 9.59 Å². The van der Waals surface area contributed by atoms with Crippen LogP contribution in [0.2, 0.25) is 5.02 Å². The van der Waals surface area contributed by atoms with Gasteiger partial charge in [0, 0.05) is 16.0 Å². The molecular formula is C27H28ClFN2O4S. The number of nitrogens with zero attached hydrogens (tertiary/aromatic N) is 1. The van der Waals surface area contributed by atoms with E-state index in [0.29, 0.717) is 29.4 Å². The third-order valence-corrected chi connectivity index (χ3v) is 7.46. The van der Waals surface area contributed by atoms with Gasteiger partial charge in [-0.2, -0.15) is 0 Å². The average Bonchev–Trinajstić information content (AvgIpc) is 3.39. The van der Waals surface area contributed by atoms with Gasteiger partial charge in [-0.05, 0) is 55.8 Å². The van der Waals surface area contributed by atoms with Crippen molar-refractivity contribution in [1.82, 2.24) is 5.32 Å². The summed E-state index contributed by atoms with van der Waals surface area (Å²) in [7, 11) is 0. The van der Waals surface area contributed by atoms with E-state index in [1.807, 2.05) is 0 Å². The number of fused-ring (bicyclic) bond motifs is 1. The Balaban J connectivity index is 1.55. The molecule has 9 heteroatoms. The first kappa shape index (κ1) is 26.1. The molecule has 6 nitrogen and oxygen atoms in total. The van der Waals surface area contributed by atoms with E-state index >= 15 is 0 Å². The van der Waals surface area contributed by atoms with Gasteiger partial charge in [0.05, 0.1) is 41.9 Å². The number of halogens is 2. The van der Waals surface area contributed by atoms with E-state index < -0.39 is 11.1 Å². The first-order valence-corrected chi connectivity index (χ1v) is 13.2. The van der Waals surface area contributed by atoms with Crippen LogP contribution in [-0.2, 0) is 17.9 Å². The molecule has 36 heavy (non-hydrogen) atoms. The van der Waals surface area contributed by atoms with Crippen molar-refractivity contribution in [1.29, 1.82) is 0 Å². The highest BCUT2D eigenvalue weighted by Gasteiger charge is 2.32. The molecule has 0 bridgehead atoms. The second kappa shape index (κ2) is 11.8. The molecule has 1 aliphatic rings. The van der Waals surface area contributed by atoms with Gasteiger partial charge in [-0.1, -0.05) is 31.4 Å². The molecule has 3 aromatic rings. The van der Waals surface area contributed by atoms with Crippen LogP contribution in [0.1, 0.15) is 54.8 Å². The summed E-state index contributed by atoms with van der Waals surface area (Å²) in [4.78, 5) is 28.1. The van der Waals surface area contributed by atoms with Gasteiger partial charge in [0.1, 0.15) is 17.3 Å². The van der Waals surface area contributed by atoms with E-state index in [2.05, 4.69) is 12.2 Å². The summed E-state index contributed by atoms with van der Waals surface area (Å²) in [5, 5.41) is 2.58. The Morgan fingerprint density at radius 3 is 2.83 bits per heavy atom. The highest BCUT2D eigenvalue weighted by Crippen LogP contribution is 2.42. The summed E-state index contributed by atoms with van der Waals surface area (Å²) in [6.45, 7) is 4.61. The van der Waals surface area contributed by atoms with Crippen molar-refractivity contribution in [3.63, 3.8) is 0 Å². The Morgan fingerprint density at radius 1 is 1.25 bits per heavy atom. The number of ether oxygens (including phenoxy) is 1. The van der Waals surface area contributed by atoms with Gasteiger partial charge in [0.25, 0.3) is 5.91 Å². The molecule has 2 aromatic carbocycles. The van der Waals surface area contributed by atoms with Crippen LogP contribution in [-0.4, -0.2) is 23.7 Å². The molecule has 1 unspecified atom stereocenters. The van der Waals surface area contributed by atoms with Gasteiger partial charge < -0.3 is 19.4 Å². The molecule has 1 aliphatic heterocycles. The maximum absolute atomic E-state index is 14.9. The van der Waals surface area contributed by atoms with Crippen molar-refractivity contribution in [3.05, 3.63) is 76.5 Å². The maximum atomic E-state index is 14.9. The normalized spacial score (nSPS) is 15.1. The minimum atomic E-state index is -0.505. The third kappa shape index (κ3) is 5.87. The van der Waals surface area contributed by atoms with Crippen molar-refractivity contribution in [2.24, 2.45) is 0 Å². The molecule has 0 aliphatic carbocycles. The molecule has 2 amide bonds. The first-order valence-electron chi connectivity index (χ1n) is 11.9. The van der Waals surface area contributed by atoms with Crippen molar-refractivity contribution >= 4 is 40.9 Å². The van der Waals surface area contributed by atoms with Crippen molar-refractivity contribution in [2.75, 3.05) is 11.5 Å². The molecule has 1 aromatic heterocycles. The van der Waals surface area contributed by atoms with Crippen LogP contribution in [0.4, 0.5) is 10.1 Å². The predicted molar refractivity (Wildman–Crippen MR) is 139 cm³/mol. The summed E-state index contributed by atoms with van der Waals surface area (Å²) in [5.74, 6) is 0.131. The lowest BCUT2D eigenvalue weighted by atomic mass is 10.1. The van der Waals surface area contributed by atoms with E-state index in [1.54, 1.807) is 43.5 Å². The largest absolute Gasteiger partial charge is 0.492 e. The van der Waals surface area contributed by atoms with Crippen LogP contribution in [0.5, 0.6) is 5.75 Å². The lowest BCUT2D eigenvalue weighted by Crippen LogP contribution is -2.39. The van der Waals surface area contributed by atoms with E-state index in [4.69, 9.17) is 20.8 Å². The number of benzene rings is 2. The number of carbonyl (C=O) groups excluding carboxylic acids is 2. The second-order valence-corrected chi connectivity index (χ2v) is 10.3. The lowest BCUT2D eigenvalue weighted by molar-refractivity contribution is -0.118. The van der Waals surface area contributed by atoms with E-state index in [0.717, 1.165) is 24.2 Å². The van der Waals surface area contributed by atoms with Crippen molar-refractivity contribution < 1.29 is 23.1 Å². The zero-order valence-electron chi connectivity index (χ0n) is 20.2. The highest BCUT2D eigenvalue weighted by atomic mass is 35.5. The molecule has 1 atom stereocenters. The molecule has 0 spiro atoms. The fourth-order valence-electron chi connectivity index (χ4n) is 3.92. The minimum Gasteiger partial charge on any atom is -0.492 e. The zero-order chi connectivity index (χ0) is 25.7. The lowest BCUT2D eigenvalue weighted by Gasteiger charge is -2.33. The van der Waals surface area contributed by atoms with E-state index in [-0.39, 0.29) is 35.5 Å². The number of thioether (sulfide) groups is 1. The summed E-state index contributed by atoms with van der Waals surface area (Å²) in [6.07, 6.45) is 4.52. The molecule has 0 saturated heterocycles. The van der Waals surface area contributed by atoms with Crippen LogP contribution in [0.3, 0.4) is 0 Å². The Hall–Kier alpha value is -2.97. The second-order valence-electron chi connectivity index (χ2n) is 8.52. The Morgan fingerprint density at radius 2 is 2.08 bits per heavy atom. The number of nitrogens with one attached hydrogen (secondary N) is 1. The average molecular weight is 531 g/mol. The molecule has 2 heterocycles. The summed E-state index contributed by atoms with van der Waals surface area (Å²) >= 11 is 7.90. The highest BCUT2D eigenvalue weighted by molar-refractivity contribution is 8.01. The Bertz CT molecular complexity index is 1230. The molecule has 0 radical (unpaired) electrons. The van der Waals surface area contributed by atoms with E-state index in [1.165, 1.54) is 28.8 Å². The molecular weight excluding hydrogens is 503 g/mol. The number of furan rings is 1. The van der Waals surface area contributed by atoms with Gasteiger partial charge in [0.2, 0.25) is 5.91 Å². The SMILES string of the molecule is CCCCCOc1ccc(F)c(CN2C(=O)C(C)Sc3cc(C(=O)NCc4ccco4)ccc32)c1Cl. The predicted octanol–water partition coefficient (Wildman–Crippen LogP) is 6.60. The number of hydrogen-bond donors (Lipinski definition) is 1. The molecule has 0 saturated carbocycles. The number of unbranched alkanes of at least 4 members (excludes halogenated alkanes) is 2. The molecule has 1 N–H and O–H groups in total. The standard InChI is InChI=1S/C27H28ClFN2O4S/c1-3-4-5-12-35-23-11-9-21(29)20(25(23)28)16-31-22-10-8-18(14-24(22)36-17(2)27(31)33)26(32)30-15-19-7-6-13-34-19/h6-11,13-14,17H,3-5,12,15-16H2,1-2H3,(H,30,32). The van der Waals surface area contributed by atoms with E-state index in [9.17, 15) is 14.0 Å². The van der Waals surface area contributed by atoms with Crippen LogP contribution >= 0.6 is 23.4 Å². The van der Waals surface area contributed by atoms with Crippen LogP contribution in [0.15, 0.2) is 58.0 Å². The monoisotopic (exact) mass is 530 g/mol. The fourth-order valence-corrected chi connectivity index (χ4v) is 5.29. The molecule has 190 valence electrons. The van der Waals surface area contributed by atoms with Crippen LogP contribution in [0.25, 0.3) is 0 Å². The third-order valence-electron chi connectivity index (χ3n) is 5.91. The number of hydrogen-bond acceptors (Lipinski definition) is 5. The summed E-state index contributed by atoms with van der Waals surface area (Å²) in [5.41, 5.74) is 1.26. The summed E-state index contributed by atoms with van der Waals surface area (Å²) in [6, 6.07) is 11.5. The number of rotatable bonds is 10. The Kier molecular flexibility index (Phi) is 8.59. The van der Waals surface area contributed by atoms with Crippen LogP contribution < -0.4 is 15.0 Å². The van der Waals surface area contributed by atoms with Gasteiger partial charge >= 0.3 is 0 Å².